The van der Waals surface area contributed by atoms with E-state index in [0.717, 1.165) is 15.8 Å². The summed E-state index contributed by atoms with van der Waals surface area (Å²) in [5, 5.41) is 5.51. The first kappa shape index (κ1) is 16.1. The van der Waals surface area contributed by atoms with Gasteiger partial charge in [-0.25, -0.2) is 18.8 Å². The Balaban J connectivity index is 1.52. The second-order valence-corrected chi connectivity index (χ2v) is 7.19. The Morgan fingerprint density at radius 1 is 1.36 bits per heavy atom. The summed E-state index contributed by atoms with van der Waals surface area (Å²) in [5.74, 6) is -2.73. The maximum absolute atomic E-state index is 13.5. The summed E-state index contributed by atoms with van der Waals surface area (Å²) in [6.07, 6.45) is 2.42. The van der Waals surface area contributed by atoms with Gasteiger partial charge in [-0.3, -0.25) is 10.1 Å². The van der Waals surface area contributed by atoms with E-state index in [4.69, 9.17) is 0 Å². The van der Waals surface area contributed by atoms with Crippen molar-refractivity contribution < 1.29 is 13.6 Å². The molecule has 2 aromatic rings. The molecule has 0 bridgehead atoms. The highest BCUT2D eigenvalue weighted by atomic mass is 32.1. The highest BCUT2D eigenvalue weighted by Gasteiger charge is 2.36. The highest BCUT2D eigenvalue weighted by Crippen LogP contribution is 2.34. The van der Waals surface area contributed by atoms with Crippen molar-refractivity contribution >= 4 is 39.5 Å². The maximum atomic E-state index is 13.5. The lowest BCUT2D eigenvalue weighted by Gasteiger charge is -2.26. The molecule has 1 aliphatic carbocycles. The molecule has 1 unspecified atom stereocenters. The van der Waals surface area contributed by atoms with Gasteiger partial charge in [0.25, 0.3) is 5.91 Å². The van der Waals surface area contributed by atoms with Gasteiger partial charge in [-0.15, -0.1) is 11.3 Å². The number of hydrogen-bond acceptors (Lipinski definition) is 4. The number of fused-ring (bicyclic) bond motifs is 1. The second kappa shape index (κ2) is 6.18. The van der Waals surface area contributed by atoms with Crippen molar-refractivity contribution in [3.05, 3.63) is 35.0 Å². The van der Waals surface area contributed by atoms with Gasteiger partial charge in [0.15, 0.2) is 0 Å². The molecule has 1 amide bonds. The highest BCUT2D eigenvalue weighted by molar-refractivity contribution is 7.16. The van der Waals surface area contributed by atoms with E-state index in [1.165, 1.54) is 11.3 Å². The molecule has 1 atom stereocenters. The molecule has 0 spiro atoms. The van der Waals surface area contributed by atoms with E-state index in [0.29, 0.717) is 18.5 Å². The molecule has 5 nitrogen and oxygen atoms in total. The van der Waals surface area contributed by atoms with Crippen molar-refractivity contribution in [2.75, 3.05) is 0 Å². The Morgan fingerprint density at radius 3 is 3.08 bits per heavy atom. The number of carbonyl (C=O) groups is 1. The number of halogens is 2. The number of alkyl halides is 2. The van der Waals surface area contributed by atoms with Crippen molar-refractivity contribution in [2.45, 2.75) is 37.6 Å². The zero-order chi connectivity index (χ0) is 17.4. The predicted molar refractivity (Wildman–Crippen MR) is 93.5 cm³/mol. The molecule has 2 N–H and O–H groups in total. The van der Waals surface area contributed by atoms with E-state index in [1.54, 1.807) is 11.6 Å². The largest absolute Gasteiger partial charge is 0.321 e. The van der Waals surface area contributed by atoms with Gasteiger partial charge in [0.2, 0.25) is 11.9 Å². The van der Waals surface area contributed by atoms with Crippen molar-refractivity contribution in [3.8, 4) is 0 Å². The van der Waals surface area contributed by atoms with Gasteiger partial charge in [-0.05, 0) is 36.6 Å². The Bertz CT molecular complexity index is 890. The summed E-state index contributed by atoms with van der Waals surface area (Å²) in [6, 6.07) is 5.25. The van der Waals surface area contributed by atoms with Gasteiger partial charge in [-0.1, -0.05) is 6.07 Å². The zero-order valence-corrected chi connectivity index (χ0v) is 14.1. The second-order valence-electron chi connectivity index (χ2n) is 6.30. The lowest BCUT2D eigenvalue weighted by atomic mass is 9.92. The number of nitrogens with one attached hydrogen (secondary N) is 2. The van der Waals surface area contributed by atoms with Crippen LogP contribution in [0.5, 0.6) is 0 Å². The number of hydrogen-bond donors (Lipinski definition) is 2. The third kappa shape index (κ3) is 3.53. The van der Waals surface area contributed by atoms with Crippen molar-refractivity contribution in [3.63, 3.8) is 0 Å². The summed E-state index contributed by atoms with van der Waals surface area (Å²) < 4.78 is 28.0. The number of nitrogens with zero attached hydrogens (tertiary/aromatic N) is 2. The van der Waals surface area contributed by atoms with Crippen molar-refractivity contribution in [1.29, 1.82) is 0 Å². The van der Waals surface area contributed by atoms with Gasteiger partial charge in [-0.2, -0.15) is 0 Å². The maximum Gasteiger partial charge on any atom is 0.274 e. The van der Waals surface area contributed by atoms with Crippen LogP contribution in [0.3, 0.4) is 0 Å². The molecule has 4 rings (SSSR count). The normalized spacial score (nSPS) is 26.2. The molecule has 1 aliphatic heterocycles. The minimum atomic E-state index is -2.67. The number of aliphatic imine (C=N–C) groups is 1. The fourth-order valence-corrected chi connectivity index (χ4v) is 3.85. The van der Waals surface area contributed by atoms with Crippen LogP contribution >= 0.6 is 11.3 Å². The first-order valence-corrected chi connectivity index (χ1v) is 8.95. The third-order valence-electron chi connectivity index (χ3n) is 4.32. The van der Waals surface area contributed by atoms with Gasteiger partial charge in [0.1, 0.15) is 5.70 Å². The molecule has 1 aromatic carbocycles. The smallest absolute Gasteiger partial charge is 0.274 e. The van der Waals surface area contributed by atoms with E-state index >= 15 is 0 Å². The molecule has 1 saturated heterocycles. The van der Waals surface area contributed by atoms with Crippen LogP contribution in [0.15, 0.2) is 34.4 Å². The van der Waals surface area contributed by atoms with Crippen LogP contribution in [0.2, 0.25) is 0 Å². The molecular formula is C17H16F2N4OS. The summed E-state index contributed by atoms with van der Waals surface area (Å²) in [7, 11) is 0. The number of thiazole rings is 1. The minimum absolute atomic E-state index is 0.0840. The number of aromatic nitrogens is 1. The molecule has 1 aromatic heterocycles. The van der Waals surface area contributed by atoms with E-state index in [9.17, 15) is 13.6 Å². The van der Waals surface area contributed by atoms with Gasteiger partial charge in [0, 0.05) is 12.8 Å². The lowest BCUT2D eigenvalue weighted by Crippen LogP contribution is -2.32. The van der Waals surface area contributed by atoms with Gasteiger partial charge >= 0.3 is 0 Å². The molecule has 8 heteroatoms. The van der Waals surface area contributed by atoms with Crippen LogP contribution in [0.25, 0.3) is 16.3 Å². The number of benzene rings is 1. The van der Waals surface area contributed by atoms with Crippen LogP contribution in [0.1, 0.15) is 31.2 Å². The molecule has 2 aliphatic rings. The molecule has 25 heavy (non-hydrogen) atoms. The average molecular weight is 362 g/mol. The van der Waals surface area contributed by atoms with E-state index in [2.05, 4.69) is 20.6 Å². The zero-order valence-electron chi connectivity index (χ0n) is 13.3. The first-order valence-electron chi connectivity index (χ1n) is 8.07. The predicted octanol–water partition coefficient (Wildman–Crippen LogP) is 3.29. The summed E-state index contributed by atoms with van der Waals surface area (Å²) in [5.41, 5.74) is 3.90. The Labute approximate surface area is 146 Å². The average Bonchev–Trinajstić information content (AvgIpc) is 3.13. The SMILES string of the molecule is O=C1NC(=NC2CCCC(F)(F)C2)N/C1=C\c1ccc2ncsc2c1. The number of carbonyl (C=O) groups excluding carboxylic acids is 1. The standard InChI is InChI=1S/C17H16F2N4OS/c18-17(19)5-1-2-11(8-17)21-16-22-13(15(24)23-16)6-10-3-4-12-14(7-10)25-9-20-12/h3-4,6-7,9,11H,1-2,5,8H2,(H2,21,22,23,24)/b13-6-. The van der Waals surface area contributed by atoms with Crippen LogP contribution in [-0.2, 0) is 4.79 Å². The van der Waals surface area contributed by atoms with Crippen molar-refractivity contribution in [1.82, 2.24) is 15.6 Å². The fourth-order valence-electron chi connectivity index (χ4n) is 3.12. The fraction of sp³-hybridized carbons (Fsp3) is 0.353. The number of guanidine groups is 1. The Morgan fingerprint density at radius 2 is 2.24 bits per heavy atom. The summed E-state index contributed by atoms with van der Waals surface area (Å²) in [6.45, 7) is 0. The molecule has 130 valence electrons. The molecule has 1 saturated carbocycles. The summed E-state index contributed by atoms with van der Waals surface area (Å²) >= 11 is 1.53. The van der Waals surface area contributed by atoms with Gasteiger partial charge in [0.05, 0.1) is 21.8 Å². The topological polar surface area (TPSA) is 66.4 Å². The van der Waals surface area contributed by atoms with Crippen molar-refractivity contribution in [2.24, 2.45) is 4.99 Å². The van der Waals surface area contributed by atoms with E-state index < -0.39 is 12.0 Å². The number of rotatable bonds is 2. The lowest BCUT2D eigenvalue weighted by molar-refractivity contribution is -0.115. The van der Waals surface area contributed by atoms with Crippen LogP contribution < -0.4 is 10.6 Å². The Kier molecular flexibility index (Phi) is 3.99. The van der Waals surface area contributed by atoms with Crippen LogP contribution in [-0.4, -0.2) is 28.8 Å². The van der Waals surface area contributed by atoms with Crippen LogP contribution in [0.4, 0.5) is 8.78 Å². The van der Waals surface area contributed by atoms with E-state index in [-0.39, 0.29) is 24.7 Å². The van der Waals surface area contributed by atoms with Gasteiger partial charge < -0.3 is 5.32 Å². The molecular weight excluding hydrogens is 346 g/mol. The monoisotopic (exact) mass is 362 g/mol. The first-order chi connectivity index (χ1) is 12.0. The number of amides is 1. The third-order valence-corrected chi connectivity index (χ3v) is 5.11. The molecule has 2 heterocycles. The van der Waals surface area contributed by atoms with Crippen LogP contribution in [0, 0.1) is 0 Å². The summed E-state index contributed by atoms with van der Waals surface area (Å²) in [4.78, 5) is 20.6. The molecule has 2 fully saturated rings. The van der Waals surface area contributed by atoms with E-state index in [1.807, 2.05) is 18.2 Å². The quantitative estimate of drug-likeness (QED) is 0.806. The minimum Gasteiger partial charge on any atom is -0.321 e. The Hall–Kier alpha value is -2.35. The molecule has 0 radical (unpaired) electrons.